The molecular weight excluding hydrogens is 162 g/mol. The van der Waals surface area contributed by atoms with Gasteiger partial charge in [-0.25, -0.2) is 0 Å². The molecule has 0 aliphatic carbocycles. The molecule has 0 aliphatic rings. The predicted octanol–water partition coefficient (Wildman–Crippen LogP) is 1.89. The second kappa shape index (κ2) is 4.10. The fraction of sp³-hybridized carbons (Fsp3) is 0.273. The van der Waals surface area contributed by atoms with E-state index < -0.39 is 0 Å². The highest BCUT2D eigenvalue weighted by Gasteiger charge is 1.99. The highest BCUT2D eigenvalue weighted by Crippen LogP contribution is 2.19. The first-order valence-electron chi connectivity index (χ1n) is 4.29. The molecule has 0 fully saturated rings. The minimum atomic E-state index is 0.0727. The van der Waals surface area contributed by atoms with Crippen LogP contribution in [0.4, 0.5) is 5.69 Å². The van der Waals surface area contributed by atoms with Gasteiger partial charge in [0.2, 0.25) is 0 Å². The highest BCUT2D eigenvalue weighted by atomic mass is 16.2. The molecule has 13 heavy (non-hydrogen) atoms. The zero-order chi connectivity index (χ0) is 9.84. The van der Waals surface area contributed by atoms with Crippen molar-refractivity contribution in [3.63, 3.8) is 0 Å². The molecule has 0 aromatic heterocycles. The lowest BCUT2D eigenvalue weighted by Crippen LogP contribution is -1.92. The first-order valence-corrected chi connectivity index (χ1v) is 4.29. The van der Waals surface area contributed by atoms with E-state index in [4.69, 9.17) is 10.8 Å². The second-order valence-corrected chi connectivity index (χ2v) is 3.15. The zero-order valence-electron chi connectivity index (χ0n) is 8.04. The van der Waals surface area contributed by atoms with Gasteiger partial charge in [0.1, 0.15) is 0 Å². The van der Waals surface area contributed by atoms with E-state index in [1.807, 2.05) is 32.1 Å². The van der Waals surface area contributed by atoms with E-state index in [2.05, 4.69) is 0 Å². The van der Waals surface area contributed by atoms with Gasteiger partial charge >= 0.3 is 0 Å². The Bertz CT molecular complexity index is 306. The molecule has 0 atom stereocenters. The summed E-state index contributed by atoms with van der Waals surface area (Å²) in [6.45, 7) is 4.10. The van der Waals surface area contributed by atoms with Crippen LogP contribution in [-0.4, -0.2) is 11.7 Å². The average molecular weight is 177 g/mol. The van der Waals surface area contributed by atoms with Gasteiger partial charge in [-0.05, 0) is 42.7 Å². The molecule has 70 valence electrons. The average Bonchev–Trinajstić information content (AvgIpc) is 2.02. The Morgan fingerprint density at radius 3 is 2.31 bits per heavy atom. The maximum atomic E-state index is 8.65. The summed E-state index contributed by atoms with van der Waals surface area (Å²) in [6, 6.07) is 3.87. The van der Waals surface area contributed by atoms with Crippen LogP contribution in [0.1, 0.15) is 16.7 Å². The van der Waals surface area contributed by atoms with Gasteiger partial charge in [0.15, 0.2) is 0 Å². The zero-order valence-corrected chi connectivity index (χ0v) is 8.04. The minimum Gasteiger partial charge on any atom is -0.399 e. The monoisotopic (exact) mass is 177 g/mol. The summed E-state index contributed by atoms with van der Waals surface area (Å²) in [6.07, 6.45) is 3.65. The third kappa shape index (κ3) is 2.33. The van der Waals surface area contributed by atoms with Gasteiger partial charge in [-0.1, -0.05) is 12.2 Å². The lowest BCUT2D eigenvalue weighted by molar-refractivity contribution is 0.343. The molecule has 0 aliphatic heterocycles. The van der Waals surface area contributed by atoms with Crippen molar-refractivity contribution in [3.05, 3.63) is 34.9 Å². The van der Waals surface area contributed by atoms with Gasteiger partial charge in [0, 0.05) is 5.69 Å². The third-order valence-electron chi connectivity index (χ3n) is 2.01. The maximum absolute atomic E-state index is 8.65. The Hall–Kier alpha value is -1.28. The fourth-order valence-corrected chi connectivity index (χ4v) is 1.44. The van der Waals surface area contributed by atoms with E-state index in [0.29, 0.717) is 0 Å². The molecule has 1 aromatic rings. The van der Waals surface area contributed by atoms with Crippen molar-refractivity contribution in [3.8, 4) is 0 Å². The molecule has 2 heteroatoms. The minimum absolute atomic E-state index is 0.0727. The quantitative estimate of drug-likeness (QED) is 0.678. The van der Waals surface area contributed by atoms with Gasteiger partial charge in [-0.15, -0.1) is 0 Å². The van der Waals surface area contributed by atoms with Gasteiger partial charge in [-0.3, -0.25) is 0 Å². The highest BCUT2D eigenvalue weighted by molar-refractivity contribution is 5.62. The third-order valence-corrected chi connectivity index (χ3v) is 2.01. The topological polar surface area (TPSA) is 46.2 Å². The number of aliphatic hydroxyl groups excluding tert-OH is 1. The summed E-state index contributed by atoms with van der Waals surface area (Å²) in [4.78, 5) is 0. The van der Waals surface area contributed by atoms with Crippen molar-refractivity contribution in [2.75, 3.05) is 12.3 Å². The molecule has 0 spiro atoms. The number of benzene rings is 1. The smallest absolute Gasteiger partial charge is 0.0615 e. The molecule has 2 nitrogen and oxygen atoms in total. The van der Waals surface area contributed by atoms with Crippen LogP contribution in [0.3, 0.4) is 0 Å². The van der Waals surface area contributed by atoms with Crippen LogP contribution in [0.25, 0.3) is 6.08 Å². The molecule has 3 N–H and O–H groups in total. The maximum Gasteiger partial charge on any atom is 0.0615 e. The van der Waals surface area contributed by atoms with E-state index in [0.717, 1.165) is 22.4 Å². The van der Waals surface area contributed by atoms with Gasteiger partial charge < -0.3 is 10.8 Å². The summed E-state index contributed by atoms with van der Waals surface area (Å²) in [5.74, 6) is 0. The van der Waals surface area contributed by atoms with Crippen LogP contribution >= 0.6 is 0 Å². The number of hydrogen-bond donors (Lipinski definition) is 2. The Labute approximate surface area is 78.7 Å². The van der Waals surface area contributed by atoms with E-state index >= 15 is 0 Å². The summed E-state index contributed by atoms with van der Waals surface area (Å²) in [5, 5.41) is 8.65. The normalized spacial score (nSPS) is 11.0. The lowest BCUT2D eigenvalue weighted by Gasteiger charge is -2.06. The van der Waals surface area contributed by atoms with Crippen molar-refractivity contribution in [2.24, 2.45) is 0 Å². The van der Waals surface area contributed by atoms with Crippen molar-refractivity contribution >= 4 is 11.8 Å². The summed E-state index contributed by atoms with van der Waals surface area (Å²) < 4.78 is 0. The molecule has 0 saturated carbocycles. The molecule has 1 rings (SSSR count). The summed E-state index contributed by atoms with van der Waals surface area (Å²) >= 11 is 0. The van der Waals surface area contributed by atoms with Crippen LogP contribution in [0.5, 0.6) is 0 Å². The number of hydrogen-bond acceptors (Lipinski definition) is 2. The Morgan fingerprint density at radius 1 is 1.31 bits per heavy atom. The number of aryl methyl sites for hydroxylation is 2. The van der Waals surface area contributed by atoms with E-state index in [-0.39, 0.29) is 6.61 Å². The van der Waals surface area contributed by atoms with Crippen LogP contribution in [0.2, 0.25) is 0 Å². The van der Waals surface area contributed by atoms with Crippen LogP contribution in [0, 0.1) is 13.8 Å². The van der Waals surface area contributed by atoms with Crippen LogP contribution in [0.15, 0.2) is 18.2 Å². The van der Waals surface area contributed by atoms with Crippen molar-refractivity contribution in [2.45, 2.75) is 13.8 Å². The molecule has 0 amide bonds. The molecule has 0 saturated heterocycles. The molecule has 0 heterocycles. The standard InChI is InChI=1S/C11H15NO/c1-8-6-10(12)7-9(2)11(8)4-3-5-13/h3-4,6-7,13H,5,12H2,1-2H3. The number of nitrogens with two attached hydrogens (primary N) is 1. The van der Waals surface area contributed by atoms with E-state index in [9.17, 15) is 0 Å². The summed E-state index contributed by atoms with van der Waals surface area (Å²) in [7, 11) is 0. The van der Waals surface area contributed by atoms with Crippen molar-refractivity contribution in [1.82, 2.24) is 0 Å². The number of aliphatic hydroxyl groups is 1. The molecule has 0 unspecified atom stereocenters. The summed E-state index contributed by atoms with van der Waals surface area (Å²) in [5.41, 5.74) is 9.90. The molecule has 1 aromatic carbocycles. The number of anilines is 1. The van der Waals surface area contributed by atoms with E-state index in [1.54, 1.807) is 6.08 Å². The molecule has 0 bridgehead atoms. The van der Waals surface area contributed by atoms with E-state index in [1.165, 1.54) is 0 Å². The second-order valence-electron chi connectivity index (χ2n) is 3.15. The SMILES string of the molecule is Cc1cc(N)cc(C)c1C=CCO. The Morgan fingerprint density at radius 2 is 1.85 bits per heavy atom. The van der Waals surface area contributed by atoms with Crippen LogP contribution in [-0.2, 0) is 0 Å². The predicted molar refractivity (Wildman–Crippen MR) is 56.4 cm³/mol. The number of rotatable bonds is 2. The first-order chi connectivity index (χ1) is 6.15. The Kier molecular flexibility index (Phi) is 3.09. The van der Waals surface area contributed by atoms with Gasteiger partial charge in [0.05, 0.1) is 6.61 Å². The van der Waals surface area contributed by atoms with Crippen molar-refractivity contribution in [1.29, 1.82) is 0 Å². The van der Waals surface area contributed by atoms with Crippen LogP contribution < -0.4 is 5.73 Å². The van der Waals surface area contributed by atoms with Crippen molar-refractivity contribution < 1.29 is 5.11 Å². The first kappa shape index (κ1) is 9.81. The lowest BCUT2D eigenvalue weighted by atomic mass is 10.0. The Balaban J connectivity index is 3.13. The largest absolute Gasteiger partial charge is 0.399 e. The molecular formula is C11H15NO. The fourth-order valence-electron chi connectivity index (χ4n) is 1.44. The number of nitrogen functional groups attached to an aromatic ring is 1. The van der Waals surface area contributed by atoms with Gasteiger partial charge in [-0.2, -0.15) is 0 Å². The molecule has 0 radical (unpaired) electrons. The van der Waals surface area contributed by atoms with Gasteiger partial charge in [0.25, 0.3) is 0 Å².